The Morgan fingerprint density at radius 3 is 2.72 bits per heavy atom. The lowest BCUT2D eigenvalue weighted by atomic mass is 10.1. The van der Waals surface area contributed by atoms with Crippen LogP contribution in [0.2, 0.25) is 0 Å². The third kappa shape index (κ3) is 5.23. The van der Waals surface area contributed by atoms with Gasteiger partial charge in [0.2, 0.25) is 5.91 Å². The van der Waals surface area contributed by atoms with Crippen LogP contribution in [0.5, 0.6) is 0 Å². The van der Waals surface area contributed by atoms with Gasteiger partial charge in [-0.3, -0.25) is 4.79 Å². The zero-order valence-electron chi connectivity index (χ0n) is 10.2. The number of carbonyl (C=O) groups is 1. The van der Waals surface area contributed by atoms with E-state index in [2.05, 4.69) is 5.32 Å². The summed E-state index contributed by atoms with van der Waals surface area (Å²) < 4.78 is 25.6. The minimum Gasteiger partial charge on any atom is -0.392 e. The molecule has 2 N–H and O–H groups in total. The van der Waals surface area contributed by atoms with Crippen LogP contribution in [-0.2, 0) is 11.2 Å². The number of benzene rings is 1. The molecule has 0 aliphatic carbocycles. The van der Waals surface area contributed by atoms with E-state index in [4.69, 9.17) is 5.11 Å². The van der Waals surface area contributed by atoms with Crippen molar-refractivity contribution in [1.29, 1.82) is 0 Å². The molecule has 100 valence electrons. The van der Waals surface area contributed by atoms with Gasteiger partial charge in [-0.1, -0.05) is 6.07 Å². The number of amides is 1. The van der Waals surface area contributed by atoms with Gasteiger partial charge in [0.25, 0.3) is 0 Å². The fourth-order valence-corrected chi connectivity index (χ4v) is 1.50. The van der Waals surface area contributed by atoms with Crippen LogP contribution < -0.4 is 5.32 Å². The number of hydrogen-bond donors (Lipinski definition) is 2. The van der Waals surface area contributed by atoms with Gasteiger partial charge in [0.05, 0.1) is 6.10 Å². The molecule has 0 aliphatic rings. The highest BCUT2D eigenvalue weighted by molar-refractivity contribution is 5.75. The first-order chi connectivity index (χ1) is 8.49. The molecule has 5 heteroatoms. The summed E-state index contributed by atoms with van der Waals surface area (Å²) in [5.41, 5.74) is 0.664. The molecular formula is C13H17F2NO2. The fourth-order valence-electron chi connectivity index (χ4n) is 1.50. The molecule has 1 amide bonds. The molecule has 1 rings (SSSR count). The Labute approximate surface area is 105 Å². The number of aliphatic hydroxyl groups excluding tert-OH is 1. The van der Waals surface area contributed by atoms with Crippen molar-refractivity contribution in [3.63, 3.8) is 0 Å². The first kappa shape index (κ1) is 14.6. The summed E-state index contributed by atoms with van der Waals surface area (Å²) in [6, 6.07) is 3.73. The summed E-state index contributed by atoms with van der Waals surface area (Å²) >= 11 is 0. The van der Waals surface area contributed by atoms with Crippen molar-refractivity contribution >= 4 is 5.91 Å². The van der Waals surface area contributed by atoms with E-state index < -0.39 is 17.7 Å². The van der Waals surface area contributed by atoms with Crippen LogP contribution in [0.4, 0.5) is 8.78 Å². The normalized spacial score (nSPS) is 12.2. The molecule has 1 unspecified atom stereocenters. The Bertz CT molecular complexity index is 408. The molecular weight excluding hydrogens is 240 g/mol. The Morgan fingerprint density at radius 1 is 1.39 bits per heavy atom. The van der Waals surface area contributed by atoms with Crippen molar-refractivity contribution in [3.05, 3.63) is 35.4 Å². The molecule has 0 aliphatic heterocycles. The van der Waals surface area contributed by atoms with Crippen molar-refractivity contribution in [2.45, 2.75) is 32.3 Å². The van der Waals surface area contributed by atoms with Crippen LogP contribution in [-0.4, -0.2) is 23.7 Å². The van der Waals surface area contributed by atoms with Crippen LogP contribution in [0.25, 0.3) is 0 Å². The largest absolute Gasteiger partial charge is 0.392 e. The average molecular weight is 257 g/mol. The second-order valence-electron chi connectivity index (χ2n) is 4.26. The maximum atomic E-state index is 12.9. The van der Waals surface area contributed by atoms with Gasteiger partial charge >= 0.3 is 0 Å². The SMILES string of the molecule is CC(O)CNC(=O)CCCc1ccc(F)c(F)c1. The van der Waals surface area contributed by atoms with Crippen LogP contribution in [0, 0.1) is 11.6 Å². The van der Waals surface area contributed by atoms with Crippen molar-refractivity contribution in [1.82, 2.24) is 5.32 Å². The predicted octanol–water partition coefficient (Wildman–Crippen LogP) is 1.78. The Kier molecular flexibility index (Phi) is 5.71. The van der Waals surface area contributed by atoms with E-state index >= 15 is 0 Å². The topological polar surface area (TPSA) is 49.3 Å². The van der Waals surface area contributed by atoms with Gasteiger partial charge in [0, 0.05) is 13.0 Å². The molecule has 0 saturated heterocycles. The van der Waals surface area contributed by atoms with Gasteiger partial charge in [-0.25, -0.2) is 8.78 Å². The lowest BCUT2D eigenvalue weighted by Gasteiger charge is -2.07. The standard InChI is InChI=1S/C13H17F2NO2/c1-9(17)8-16-13(18)4-2-3-10-5-6-11(14)12(15)7-10/h5-7,9,17H,2-4,8H2,1H3,(H,16,18). The quantitative estimate of drug-likeness (QED) is 0.816. The van der Waals surface area contributed by atoms with E-state index in [1.807, 2.05) is 0 Å². The molecule has 18 heavy (non-hydrogen) atoms. The Hall–Kier alpha value is -1.49. The summed E-state index contributed by atoms with van der Waals surface area (Å²) in [5.74, 6) is -1.89. The van der Waals surface area contributed by atoms with E-state index in [-0.39, 0.29) is 12.5 Å². The monoisotopic (exact) mass is 257 g/mol. The summed E-state index contributed by atoms with van der Waals surface area (Å²) in [6.07, 6.45) is 0.794. The molecule has 0 saturated carbocycles. The number of halogens is 2. The van der Waals surface area contributed by atoms with Crippen molar-refractivity contribution < 1.29 is 18.7 Å². The lowest BCUT2D eigenvalue weighted by molar-refractivity contribution is -0.121. The first-order valence-electron chi connectivity index (χ1n) is 5.87. The molecule has 0 spiro atoms. The first-order valence-corrected chi connectivity index (χ1v) is 5.87. The number of rotatable bonds is 6. The number of hydrogen-bond acceptors (Lipinski definition) is 2. The maximum Gasteiger partial charge on any atom is 0.220 e. The number of aliphatic hydroxyl groups is 1. The highest BCUT2D eigenvalue weighted by Gasteiger charge is 2.05. The van der Waals surface area contributed by atoms with E-state index in [0.29, 0.717) is 24.8 Å². The van der Waals surface area contributed by atoms with Crippen LogP contribution in [0.3, 0.4) is 0 Å². The van der Waals surface area contributed by atoms with Crippen LogP contribution in [0.15, 0.2) is 18.2 Å². The number of aryl methyl sites for hydroxylation is 1. The smallest absolute Gasteiger partial charge is 0.220 e. The average Bonchev–Trinajstić information content (AvgIpc) is 2.31. The molecule has 1 aromatic carbocycles. The molecule has 1 aromatic rings. The zero-order valence-corrected chi connectivity index (χ0v) is 10.2. The zero-order chi connectivity index (χ0) is 13.5. The summed E-state index contributed by atoms with van der Waals surface area (Å²) in [7, 11) is 0. The minimum atomic E-state index is -0.869. The Balaban J connectivity index is 2.28. The van der Waals surface area contributed by atoms with E-state index in [1.54, 1.807) is 6.92 Å². The van der Waals surface area contributed by atoms with Gasteiger partial charge in [-0.15, -0.1) is 0 Å². The molecule has 0 heterocycles. The lowest BCUT2D eigenvalue weighted by Crippen LogP contribution is -2.30. The molecule has 0 radical (unpaired) electrons. The fraction of sp³-hybridized carbons (Fsp3) is 0.462. The van der Waals surface area contributed by atoms with Crippen molar-refractivity contribution in [2.24, 2.45) is 0 Å². The van der Waals surface area contributed by atoms with E-state index in [0.717, 1.165) is 12.1 Å². The third-order valence-corrected chi connectivity index (χ3v) is 2.45. The van der Waals surface area contributed by atoms with Crippen molar-refractivity contribution in [3.8, 4) is 0 Å². The number of nitrogens with one attached hydrogen (secondary N) is 1. The van der Waals surface area contributed by atoms with E-state index in [1.165, 1.54) is 6.07 Å². The highest BCUT2D eigenvalue weighted by atomic mass is 19.2. The molecule has 3 nitrogen and oxygen atoms in total. The third-order valence-electron chi connectivity index (χ3n) is 2.45. The minimum absolute atomic E-state index is 0.154. The van der Waals surface area contributed by atoms with Gasteiger partial charge in [-0.05, 0) is 37.5 Å². The molecule has 0 aromatic heterocycles. The summed E-state index contributed by atoms with van der Waals surface area (Å²) in [4.78, 5) is 11.3. The summed E-state index contributed by atoms with van der Waals surface area (Å²) in [5, 5.41) is 11.5. The second kappa shape index (κ2) is 7.06. The van der Waals surface area contributed by atoms with Crippen LogP contribution in [0.1, 0.15) is 25.3 Å². The maximum absolute atomic E-state index is 12.9. The van der Waals surface area contributed by atoms with Crippen LogP contribution >= 0.6 is 0 Å². The van der Waals surface area contributed by atoms with Gasteiger partial charge in [-0.2, -0.15) is 0 Å². The summed E-state index contributed by atoms with van der Waals surface area (Å²) in [6.45, 7) is 1.81. The Morgan fingerprint density at radius 2 is 2.11 bits per heavy atom. The molecule has 0 fully saturated rings. The second-order valence-corrected chi connectivity index (χ2v) is 4.26. The number of carbonyl (C=O) groups excluding carboxylic acids is 1. The van der Waals surface area contributed by atoms with Crippen molar-refractivity contribution in [2.75, 3.05) is 6.54 Å². The predicted molar refractivity (Wildman–Crippen MR) is 64.0 cm³/mol. The van der Waals surface area contributed by atoms with Gasteiger partial charge in [0.1, 0.15) is 0 Å². The van der Waals surface area contributed by atoms with E-state index in [9.17, 15) is 13.6 Å². The van der Waals surface area contributed by atoms with Gasteiger partial charge < -0.3 is 10.4 Å². The highest BCUT2D eigenvalue weighted by Crippen LogP contribution is 2.11. The van der Waals surface area contributed by atoms with Gasteiger partial charge in [0.15, 0.2) is 11.6 Å². The molecule has 0 bridgehead atoms. The molecule has 1 atom stereocenters.